The molecular weight excluding hydrogens is 322 g/mol. The van der Waals surface area contributed by atoms with Gasteiger partial charge in [0.1, 0.15) is 0 Å². The Bertz CT molecular complexity index is 753. The molecule has 112 valence electrons. The first-order valence-electron chi connectivity index (χ1n) is 6.61. The SMILES string of the molecule is O=C(CCc1nnc(-c2ccc(Cl)cc2)o1)Nc1ccsc1. The maximum Gasteiger partial charge on any atom is 0.247 e. The molecule has 3 aromatic rings. The van der Waals surface area contributed by atoms with Crippen LogP contribution in [-0.2, 0) is 11.2 Å². The van der Waals surface area contributed by atoms with Crippen LogP contribution in [0, 0.1) is 0 Å². The van der Waals surface area contributed by atoms with Gasteiger partial charge in [-0.3, -0.25) is 4.79 Å². The van der Waals surface area contributed by atoms with Crippen LogP contribution in [-0.4, -0.2) is 16.1 Å². The Morgan fingerprint density at radius 3 is 2.77 bits per heavy atom. The normalized spacial score (nSPS) is 10.6. The van der Waals surface area contributed by atoms with Crippen LogP contribution in [0.5, 0.6) is 0 Å². The molecule has 0 aliphatic rings. The fourth-order valence-electron chi connectivity index (χ4n) is 1.84. The molecule has 2 heterocycles. The van der Waals surface area contributed by atoms with Gasteiger partial charge >= 0.3 is 0 Å². The van der Waals surface area contributed by atoms with E-state index in [1.165, 1.54) is 11.3 Å². The number of carbonyl (C=O) groups excluding carboxylic acids is 1. The highest BCUT2D eigenvalue weighted by Gasteiger charge is 2.10. The Labute approximate surface area is 135 Å². The molecule has 7 heteroatoms. The second-order valence-electron chi connectivity index (χ2n) is 4.57. The summed E-state index contributed by atoms with van der Waals surface area (Å²) in [6.07, 6.45) is 0.689. The number of anilines is 1. The van der Waals surface area contributed by atoms with E-state index in [0.29, 0.717) is 23.2 Å². The van der Waals surface area contributed by atoms with Gasteiger partial charge in [0.25, 0.3) is 0 Å². The van der Waals surface area contributed by atoms with E-state index in [0.717, 1.165) is 11.3 Å². The lowest BCUT2D eigenvalue weighted by molar-refractivity contribution is -0.116. The van der Waals surface area contributed by atoms with Gasteiger partial charge in [-0.2, -0.15) is 11.3 Å². The number of rotatable bonds is 5. The molecule has 0 aliphatic heterocycles. The monoisotopic (exact) mass is 333 g/mol. The molecule has 1 aromatic carbocycles. The van der Waals surface area contributed by atoms with E-state index in [2.05, 4.69) is 15.5 Å². The number of nitrogens with one attached hydrogen (secondary N) is 1. The third-order valence-corrected chi connectivity index (χ3v) is 3.86. The van der Waals surface area contributed by atoms with E-state index in [1.807, 2.05) is 29.0 Å². The summed E-state index contributed by atoms with van der Waals surface area (Å²) >= 11 is 7.37. The number of nitrogens with zero attached hydrogens (tertiary/aromatic N) is 2. The molecule has 3 rings (SSSR count). The average Bonchev–Trinajstić information content (AvgIpc) is 3.17. The molecule has 0 atom stereocenters. The summed E-state index contributed by atoms with van der Waals surface area (Å²) in [5.41, 5.74) is 1.60. The predicted molar refractivity (Wildman–Crippen MR) is 86.0 cm³/mol. The van der Waals surface area contributed by atoms with E-state index >= 15 is 0 Å². The fraction of sp³-hybridized carbons (Fsp3) is 0.133. The van der Waals surface area contributed by atoms with Gasteiger partial charge in [-0.05, 0) is 35.7 Å². The molecule has 0 spiro atoms. The lowest BCUT2D eigenvalue weighted by atomic mass is 10.2. The lowest BCUT2D eigenvalue weighted by Gasteiger charge is -2.00. The van der Waals surface area contributed by atoms with Gasteiger partial charge in [-0.15, -0.1) is 10.2 Å². The van der Waals surface area contributed by atoms with Crippen molar-refractivity contribution >= 4 is 34.5 Å². The summed E-state index contributed by atoms with van der Waals surface area (Å²) in [6.45, 7) is 0. The van der Waals surface area contributed by atoms with Crippen LogP contribution in [0.3, 0.4) is 0 Å². The van der Waals surface area contributed by atoms with E-state index in [4.69, 9.17) is 16.0 Å². The van der Waals surface area contributed by atoms with Crippen LogP contribution in [0.2, 0.25) is 5.02 Å². The quantitative estimate of drug-likeness (QED) is 0.765. The molecule has 0 aliphatic carbocycles. The molecule has 2 aromatic heterocycles. The largest absolute Gasteiger partial charge is 0.421 e. The zero-order valence-electron chi connectivity index (χ0n) is 11.5. The highest BCUT2D eigenvalue weighted by atomic mass is 35.5. The van der Waals surface area contributed by atoms with Gasteiger partial charge in [0.05, 0.1) is 5.69 Å². The van der Waals surface area contributed by atoms with Gasteiger partial charge in [-0.25, -0.2) is 0 Å². The molecule has 1 amide bonds. The van der Waals surface area contributed by atoms with Crippen molar-refractivity contribution in [1.29, 1.82) is 0 Å². The summed E-state index contributed by atoms with van der Waals surface area (Å²) < 4.78 is 5.55. The molecule has 5 nitrogen and oxygen atoms in total. The molecular formula is C15H12ClN3O2S. The van der Waals surface area contributed by atoms with Crippen LogP contribution in [0.1, 0.15) is 12.3 Å². The van der Waals surface area contributed by atoms with Crippen LogP contribution >= 0.6 is 22.9 Å². The molecule has 0 radical (unpaired) electrons. The topological polar surface area (TPSA) is 68.0 Å². The first-order valence-corrected chi connectivity index (χ1v) is 7.93. The van der Waals surface area contributed by atoms with E-state index in [9.17, 15) is 4.79 Å². The van der Waals surface area contributed by atoms with Gasteiger partial charge < -0.3 is 9.73 Å². The molecule has 0 saturated heterocycles. The second-order valence-corrected chi connectivity index (χ2v) is 5.78. The Morgan fingerprint density at radius 1 is 1.23 bits per heavy atom. The van der Waals surface area contributed by atoms with E-state index in [1.54, 1.807) is 12.1 Å². The number of hydrogen-bond acceptors (Lipinski definition) is 5. The predicted octanol–water partition coefficient (Wildman–Crippen LogP) is 4.02. The minimum absolute atomic E-state index is 0.0790. The summed E-state index contributed by atoms with van der Waals surface area (Å²) in [4.78, 5) is 11.8. The first-order chi connectivity index (χ1) is 10.7. The Kier molecular flexibility index (Phi) is 4.50. The number of amides is 1. The standard InChI is InChI=1S/C15H12ClN3O2S/c16-11-3-1-10(2-4-11)15-19-18-14(21-15)6-5-13(20)17-12-7-8-22-9-12/h1-4,7-9H,5-6H2,(H,17,20). The van der Waals surface area contributed by atoms with Crippen LogP contribution in [0.15, 0.2) is 45.5 Å². The third-order valence-electron chi connectivity index (χ3n) is 2.93. The molecule has 22 heavy (non-hydrogen) atoms. The Hall–Kier alpha value is -2.18. The minimum atomic E-state index is -0.0790. The van der Waals surface area contributed by atoms with Crippen molar-refractivity contribution in [3.63, 3.8) is 0 Å². The smallest absolute Gasteiger partial charge is 0.247 e. The van der Waals surface area contributed by atoms with Crippen molar-refractivity contribution < 1.29 is 9.21 Å². The van der Waals surface area contributed by atoms with Crippen molar-refractivity contribution in [2.24, 2.45) is 0 Å². The van der Waals surface area contributed by atoms with Crippen molar-refractivity contribution in [3.05, 3.63) is 52.0 Å². The van der Waals surface area contributed by atoms with Gasteiger partial charge in [0.15, 0.2) is 0 Å². The number of aryl methyl sites for hydroxylation is 1. The summed E-state index contributed by atoms with van der Waals surface area (Å²) in [6, 6.07) is 8.99. The molecule has 0 bridgehead atoms. The second kappa shape index (κ2) is 6.72. The first kappa shape index (κ1) is 14.7. The van der Waals surface area contributed by atoms with Crippen LogP contribution in [0.25, 0.3) is 11.5 Å². The van der Waals surface area contributed by atoms with Gasteiger partial charge in [-0.1, -0.05) is 11.6 Å². The number of hydrogen-bond donors (Lipinski definition) is 1. The minimum Gasteiger partial charge on any atom is -0.421 e. The molecule has 0 saturated carbocycles. The van der Waals surface area contributed by atoms with Crippen molar-refractivity contribution in [2.45, 2.75) is 12.8 Å². The third kappa shape index (κ3) is 3.72. The van der Waals surface area contributed by atoms with Crippen molar-refractivity contribution in [2.75, 3.05) is 5.32 Å². The van der Waals surface area contributed by atoms with Crippen LogP contribution in [0.4, 0.5) is 5.69 Å². The van der Waals surface area contributed by atoms with Gasteiger partial charge in [0, 0.05) is 28.8 Å². The number of thiophene rings is 1. The maximum atomic E-state index is 11.8. The summed E-state index contributed by atoms with van der Waals surface area (Å²) in [5, 5.41) is 15.2. The zero-order chi connectivity index (χ0) is 15.4. The number of aromatic nitrogens is 2. The average molecular weight is 334 g/mol. The Balaban J connectivity index is 1.57. The molecule has 0 unspecified atom stereocenters. The van der Waals surface area contributed by atoms with Crippen molar-refractivity contribution in [3.8, 4) is 11.5 Å². The molecule has 0 fully saturated rings. The number of carbonyl (C=O) groups is 1. The number of halogens is 1. The summed E-state index contributed by atoms with van der Waals surface area (Å²) in [5.74, 6) is 0.778. The maximum absolute atomic E-state index is 11.8. The lowest BCUT2D eigenvalue weighted by Crippen LogP contribution is -2.11. The highest BCUT2D eigenvalue weighted by Crippen LogP contribution is 2.20. The summed E-state index contributed by atoms with van der Waals surface area (Å²) in [7, 11) is 0. The Morgan fingerprint density at radius 2 is 2.05 bits per heavy atom. The van der Waals surface area contributed by atoms with E-state index in [-0.39, 0.29) is 12.3 Å². The van der Waals surface area contributed by atoms with Crippen LogP contribution < -0.4 is 5.32 Å². The molecule has 1 N–H and O–H groups in total. The number of benzene rings is 1. The van der Waals surface area contributed by atoms with E-state index < -0.39 is 0 Å². The van der Waals surface area contributed by atoms with Crippen molar-refractivity contribution in [1.82, 2.24) is 10.2 Å². The fourth-order valence-corrected chi connectivity index (χ4v) is 2.56. The zero-order valence-corrected chi connectivity index (χ0v) is 13.0. The highest BCUT2D eigenvalue weighted by molar-refractivity contribution is 7.08. The van der Waals surface area contributed by atoms with Gasteiger partial charge in [0.2, 0.25) is 17.7 Å².